The zero-order valence-corrected chi connectivity index (χ0v) is 14.9. The second-order valence-corrected chi connectivity index (χ2v) is 7.18. The van der Waals surface area contributed by atoms with Gasteiger partial charge in [-0.25, -0.2) is 9.65 Å². The molecule has 2 heterocycles. The summed E-state index contributed by atoms with van der Waals surface area (Å²) >= 11 is 0. The SMILES string of the molecule is O=C(O)[C@@H]1CCCN1.O=C(O)[C@H](COC(=O)[C@@H]1CCCN1)NP(=O)(O)O. The number of hydrogen-bond acceptors (Lipinski definition) is 7. The van der Waals surface area contributed by atoms with Crippen molar-refractivity contribution < 1.29 is 43.7 Å². The Bertz CT molecular complexity index is 541. The normalized spacial score (nSPS) is 23.6. The lowest BCUT2D eigenvalue weighted by atomic mass is 10.2. The predicted molar refractivity (Wildman–Crippen MR) is 87.2 cm³/mol. The van der Waals surface area contributed by atoms with Crippen LogP contribution < -0.4 is 15.7 Å². The van der Waals surface area contributed by atoms with Gasteiger partial charge < -0.3 is 35.4 Å². The number of ether oxygens (including phenoxy) is 1. The van der Waals surface area contributed by atoms with E-state index in [9.17, 15) is 18.9 Å². The van der Waals surface area contributed by atoms with Crippen LogP contribution in [-0.2, 0) is 23.7 Å². The van der Waals surface area contributed by atoms with Crippen LogP contribution in [0.25, 0.3) is 0 Å². The van der Waals surface area contributed by atoms with Crippen LogP contribution in [0.4, 0.5) is 0 Å². The quantitative estimate of drug-likeness (QED) is 0.189. The van der Waals surface area contributed by atoms with Crippen molar-refractivity contribution in [2.75, 3.05) is 19.7 Å². The Kier molecular flexibility index (Phi) is 9.13. The van der Waals surface area contributed by atoms with Gasteiger partial charge in [0.05, 0.1) is 0 Å². The van der Waals surface area contributed by atoms with E-state index in [-0.39, 0.29) is 6.04 Å². The molecule has 0 aromatic carbocycles. The van der Waals surface area contributed by atoms with Gasteiger partial charge in [-0.2, -0.15) is 0 Å². The fourth-order valence-corrected chi connectivity index (χ4v) is 3.00. The van der Waals surface area contributed by atoms with Crippen molar-refractivity contribution in [3.63, 3.8) is 0 Å². The van der Waals surface area contributed by atoms with Crippen LogP contribution in [0.1, 0.15) is 25.7 Å². The van der Waals surface area contributed by atoms with Gasteiger partial charge in [-0.3, -0.25) is 14.4 Å². The van der Waals surface area contributed by atoms with Gasteiger partial charge in [0.2, 0.25) is 0 Å². The van der Waals surface area contributed by atoms with Crippen LogP contribution in [0.3, 0.4) is 0 Å². The number of carbonyl (C=O) groups is 3. The summed E-state index contributed by atoms with van der Waals surface area (Å²) in [6.45, 7) is 0.900. The standard InChI is InChI=1S/C8H15N2O7P.C5H9NO2/c11-7(12)6(10-18(14,15)16)4-17-8(13)5-2-1-3-9-5;7-5(8)4-2-1-3-6-4/h5-6,9H,1-4H2,(H,11,12)(H3,10,14,15,16);4,6H,1-3H2,(H,7,8)/t5-,6-;4-/m00/s1. The largest absolute Gasteiger partial charge is 0.480 e. The number of carboxylic acid groups (broad SMARTS) is 2. The van der Waals surface area contributed by atoms with Crippen molar-refractivity contribution in [2.45, 2.75) is 43.8 Å². The Balaban J connectivity index is 0.000000350. The molecule has 0 saturated carbocycles. The molecule has 26 heavy (non-hydrogen) atoms. The second kappa shape index (κ2) is 10.6. The van der Waals surface area contributed by atoms with Gasteiger partial charge in [-0.1, -0.05) is 0 Å². The van der Waals surface area contributed by atoms with Gasteiger partial charge in [-0.15, -0.1) is 0 Å². The Morgan fingerprint density at radius 3 is 1.96 bits per heavy atom. The van der Waals surface area contributed by atoms with E-state index >= 15 is 0 Å². The highest BCUT2D eigenvalue weighted by Crippen LogP contribution is 2.29. The van der Waals surface area contributed by atoms with Gasteiger partial charge in [0, 0.05) is 0 Å². The summed E-state index contributed by atoms with van der Waals surface area (Å²) in [4.78, 5) is 49.5. The monoisotopic (exact) mass is 397 g/mol. The maximum absolute atomic E-state index is 11.4. The van der Waals surface area contributed by atoms with Crippen LogP contribution in [0.2, 0.25) is 0 Å². The Morgan fingerprint density at radius 2 is 1.62 bits per heavy atom. The molecule has 0 unspecified atom stereocenters. The summed E-state index contributed by atoms with van der Waals surface area (Å²) in [6, 6.07) is -2.39. The molecule has 0 radical (unpaired) electrons. The first-order chi connectivity index (χ1) is 12.1. The average molecular weight is 397 g/mol. The number of nitrogens with one attached hydrogen (secondary N) is 3. The van der Waals surface area contributed by atoms with Gasteiger partial charge in [-0.05, 0) is 38.8 Å². The number of rotatable bonds is 7. The summed E-state index contributed by atoms with van der Waals surface area (Å²) in [5.41, 5.74) is 0. The molecule has 2 fully saturated rings. The minimum absolute atomic E-state index is 0.269. The third-order valence-electron chi connectivity index (χ3n) is 3.72. The van der Waals surface area contributed by atoms with Crippen molar-refractivity contribution in [3.05, 3.63) is 0 Å². The summed E-state index contributed by atoms with van der Waals surface area (Å²) < 4.78 is 15.3. The topological polar surface area (TPSA) is 195 Å². The Hall–Kier alpha value is -1.56. The number of carboxylic acids is 2. The molecule has 150 valence electrons. The van der Waals surface area contributed by atoms with Crippen LogP contribution in [0.5, 0.6) is 0 Å². The van der Waals surface area contributed by atoms with Gasteiger partial charge in [0.1, 0.15) is 24.7 Å². The summed E-state index contributed by atoms with van der Waals surface area (Å²) in [7, 11) is -4.70. The molecule has 2 saturated heterocycles. The Labute approximate surface area is 149 Å². The molecule has 0 spiro atoms. The first-order valence-corrected chi connectivity index (χ1v) is 9.63. The molecular weight excluding hydrogens is 373 g/mol. The first kappa shape index (κ1) is 22.5. The fourth-order valence-electron chi connectivity index (χ4n) is 2.41. The van der Waals surface area contributed by atoms with Crippen molar-refractivity contribution in [3.8, 4) is 0 Å². The molecular formula is C13H24N3O9P. The lowest BCUT2D eigenvalue weighted by Gasteiger charge is -2.16. The molecule has 13 heteroatoms. The van der Waals surface area contributed by atoms with E-state index < -0.39 is 44.3 Å². The highest BCUT2D eigenvalue weighted by Gasteiger charge is 2.29. The van der Waals surface area contributed by atoms with Crippen molar-refractivity contribution >= 4 is 25.7 Å². The zero-order valence-electron chi connectivity index (χ0n) is 14.0. The molecule has 3 atom stereocenters. The van der Waals surface area contributed by atoms with Crippen LogP contribution in [0, 0.1) is 0 Å². The van der Waals surface area contributed by atoms with Gasteiger partial charge in [0.15, 0.2) is 0 Å². The lowest BCUT2D eigenvalue weighted by Crippen LogP contribution is -2.41. The maximum atomic E-state index is 11.4. The van der Waals surface area contributed by atoms with E-state index in [1.54, 1.807) is 5.09 Å². The minimum atomic E-state index is -4.70. The Morgan fingerprint density at radius 1 is 1.08 bits per heavy atom. The molecule has 0 aliphatic carbocycles. The lowest BCUT2D eigenvalue weighted by molar-refractivity contribution is -0.150. The zero-order chi connectivity index (χ0) is 19.7. The molecule has 2 aliphatic heterocycles. The molecule has 0 bridgehead atoms. The third-order valence-corrected chi connectivity index (χ3v) is 4.37. The highest BCUT2D eigenvalue weighted by atomic mass is 31.2. The molecule has 7 N–H and O–H groups in total. The number of carbonyl (C=O) groups excluding carboxylic acids is 1. The van der Waals surface area contributed by atoms with Crippen molar-refractivity contribution in [1.29, 1.82) is 0 Å². The molecule has 2 rings (SSSR count). The summed E-state index contributed by atoms with van der Waals surface area (Å²) in [6.07, 6.45) is 3.21. The van der Waals surface area contributed by atoms with E-state index in [1.165, 1.54) is 0 Å². The van der Waals surface area contributed by atoms with Crippen LogP contribution >= 0.6 is 7.75 Å². The van der Waals surface area contributed by atoms with E-state index in [1.807, 2.05) is 0 Å². The van der Waals surface area contributed by atoms with Crippen LogP contribution in [-0.4, -0.2) is 75.7 Å². The van der Waals surface area contributed by atoms with Crippen LogP contribution in [0.15, 0.2) is 0 Å². The average Bonchev–Trinajstić information content (AvgIpc) is 3.22. The van der Waals surface area contributed by atoms with Gasteiger partial charge >= 0.3 is 25.7 Å². The molecule has 0 aromatic rings. The molecule has 2 aliphatic rings. The maximum Gasteiger partial charge on any atom is 0.401 e. The van der Waals surface area contributed by atoms with E-state index in [2.05, 4.69) is 10.6 Å². The van der Waals surface area contributed by atoms with E-state index in [4.69, 9.17) is 24.7 Å². The second-order valence-electron chi connectivity index (χ2n) is 5.83. The fraction of sp³-hybridized carbons (Fsp3) is 0.769. The highest BCUT2D eigenvalue weighted by molar-refractivity contribution is 7.49. The predicted octanol–water partition coefficient (Wildman–Crippen LogP) is -1.76. The van der Waals surface area contributed by atoms with Crippen molar-refractivity contribution in [1.82, 2.24) is 15.7 Å². The number of aliphatic carboxylic acids is 2. The summed E-state index contributed by atoms with van der Waals surface area (Å²) in [5.74, 6) is -2.85. The first-order valence-electron chi connectivity index (χ1n) is 8.02. The van der Waals surface area contributed by atoms with Gasteiger partial charge in [0.25, 0.3) is 0 Å². The number of hydrogen-bond donors (Lipinski definition) is 7. The molecule has 0 aromatic heterocycles. The van der Waals surface area contributed by atoms with E-state index in [0.717, 1.165) is 25.8 Å². The molecule has 12 nitrogen and oxygen atoms in total. The third kappa shape index (κ3) is 8.70. The van der Waals surface area contributed by atoms with Crippen molar-refractivity contribution in [2.24, 2.45) is 0 Å². The smallest absolute Gasteiger partial charge is 0.401 e. The minimum Gasteiger partial charge on any atom is -0.480 e. The summed E-state index contributed by atoms with van der Waals surface area (Å²) in [5, 5.41) is 24.3. The van der Waals surface area contributed by atoms with E-state index in [0.29, 0.717) is 13.0 Å². The number of esters is 1. The molecule has 0 amide bonds.